The number of sulfonamides is 1. The van der Waals surface area contributed by atoms with Gasteiger partial charge in [-0.1, -0.05) is 0 Å². The highest BCUT2D eigenvalue weighted by Crippen LogP contribution is 2.25. The number of hydrogen-bond donors (Lipinski definition) is 1. The van der Waals surface area contributed by atoms with Crippen LogP contribution in [-0.4, -0.2) is 71.3 Å². The van der Waals surface area contributed by atoms with Crippen LogP contribution in [0.1, 0.15) is 12.8 Å². The minimum absolute atomic E-state index is 0.0537. The summed E-state index contributed by atoms with van der Waals surface area (Å²) in [6.45, 7) is 3.28. The maximum atomic E-state index is 12.6. The fourth-order valence-corrected chi connectivity index (χ4v) is 4.46. The molecule has 0 aliphatic carbocycles. The van der Waals surface area contributed by atoms with E-state index in [1.807, 2.05) is 0 Å². The fourth-order valence-electron chi connectivity index (χ4n) is 3.03. The van der Waals surface area contributed by atoms with Crippen LogP contribution in [0.25, 0.3) is 0 Å². The molecule has 0 spiro atoms. The second-order valence-electron chi connectivity index (χ2n) is 5.36. The van der Waals surface area contributed by atoms with Gasteiger partial charge in [0.2, 0.25) is 10.0 Å². The van der Waals surface area contributed by atoms with Crippen molar-refractivity contribution in [1.82, 2.24) is 19.0 Å². The monoisotopic (exact) mass is 300 g/mol. The topological polar surface area (TPSA) is 78.7 Å². The van der Waals surface area contributed by atoms with Crippen molar-refractivity contribution in [2.45, 2.75) is 30.3 Å². The molecule has 20 heavy (non-hydrogen) atoms. The van der Waals surface area contributed by atoms with E-state index in [2.05, 4.69) is 10.00 Å². The van der Waals surface area contributed by atoms with Gasteiger partial charge in [0.15, 0.2) is 0 Å². The second kappa shape index (κ2) is 5.44. The molecule has 1 atom stereocenters. The van der Waals surface area contributed by atoms with Crippen molar-refractivity contribution in [1.29, 1.82) is 0 Å². The van der Waals surface area contributed by atoms with Crippen molar-refractivity contribution >= 4 is 10.0 Å². The number of hydrogen-bond acceptors (Lipinski definition) is 5. The highest BCUT2D eigenvalue weighted by atomic mass is 32.2. The van der Waals surface area contributed by atoms with Gasteiger partial charge in [-0.15, -0.1) is 0 Å². The lowest BCUT2D eigenvalue weighted by atomic mass is 10.2. The van der Waals surface area contributed by atoms with Crippen LogP contribution in [0.3, 0.4) is 0 Å². The minimum Gasteiger partial charge on any atom is -0.394 e. The predicted octanol–water partition coefficient (Wildman–Crippen LogP) is -0.656. The van der Waals surface area contributed by atoms with E-state index < -0.39 is 10.0 Å². The Morgan fingerprint density at radius 2 is 2.20 bits per heavy atom. The predicted molar refractivity (Wildman–Crippen MR) is 72.7 cm³/mol. The Morgan fingerprint density at radius 3 is 3.00 bits per heavy atom. The van der Waals surface area contributed by atoms with Crippen molar-refractivity contribution in [3.05, 3.63) is 12.4 Å². The summed E-state index contributed by atoms with van der Waals surface area (Å²) in [6.07, 6.45) is 5.10. The average Bonchev–Trinajstić information content (AvgIpc) is 3.06. The van der Waals surface area contributed by atoms with Gasteiger partial charge in [-0.3, -0.25) is 9.58 Å². The first-order valence-electron chi connectivity index (χ1n) is 6.99. The van der Waals surface area contributed by atoms with Crippen molar-refractivity contribution in [2.24, 2.45) is 0 Å². The third-order valence-corrected chi connectivity index (χ3v) is 5.94. The molecule has 1 unspecified atom stereocenters. The molecule has 7 nitrogen and oxygen atoms in total. The van der Waals surface area contributed by atoms with Gasteiger partial charge in [-0.05, 0) is 19.4 Å². The molecule has 1 aromatic rings. The van der Waals surface area contributed by atoms with E-state index in [-0.39, 0.29) is 11.5 Å². The molecule has 8 heteroatoms. The molecule has 0 saturated carbocycles. The molecule has 2 saturated heterocycles. The summed E-state index contributed by atoms with van der Waals surface area (Å²) in [6, 6.07) is 0.367. The number of aliphatic hydroxyl groups excluding tert-OH is 1. The summed E-state index contributed by atoms with van der Waals surface area (Å²) in [5.41, 5.74) is 0. The van der Waals surface area contributed by atoms with Crippen molar-refractivity contribution in [3.8, 4) is 0 Å². The summed E-state index contributed by atoms with van der Waals surface area (Å²) >= 11 is 0. The third-order valence-electron chi connectivity index (χ3n) is 4.13. The molecule has 0 bridgehead atoms. The van der Waals surface area contributed by atoms with Crippen LogP contribution < -0.4 is 0 Å². The zero-order valence-corrected chi connectivity index (χ0v) is 12.2. The highest BCUT2D eigenvalue weighted by molar-refractivity contribution is 7.89. The number of nitrogens with zero attached hydrogens (tertiary/aromatic N) is 4. The van der Waals surface area contributed by atoms with Gasteiger partial charge in [0.1, 0.15) is 4.90 Å². The quantitative estimate of drug-likeness (QED) is 0.799. The Labute approximate surface area is 118 Å². The van der Waals surface area contributed by atoms with Gasteiger partial charge in [0.25, 0.3) is 0 Å². The van der Waals surface area contributed by atoms with E-state index in [9.17, 15) is 8.42 Å². The van der Waals surface area contributed by atoms with E-state index in [4.69, 9.17) is 5.11 Å². The summed E-state index contributed by atoms with van der Waals surface area (Å²) in [4.78, 5) is 2.60. The molecular formula is C12H20N4O3S. The maximum absolute atomic E-state index is 12.6. The smallest absolute Gasteiger partial charge is 0.246 e. The molecule has 3 rings (SSSR count). The van der Waals surface area contributed by atoms with E-state index in [0.29, 0.717) is 25.7 Å². The van der Waals surface area contributed by atoms with Gasteiger partial charge in [0, 0.05) is 31.9 Å². The van der Waals surface area contributed by atoms with Gasteiger partial charge >= 0.3 is 0 Å². The van der Waals surface area contributed by atoms with Gasteiger partial charge < -0.3 is 5.11 Å². The Morgan fingerprint density at radius 1 is 1.35 bits per heavy atom. The van der Waals surface area contributed by atoms with E-state index >= 15 is 0 Å². The number of aromatic nitrogens is 2. The summed E-state index contributed by atoms with van der Waals surface area (Å²) in [5, 5.41) is 12.8. The van der Waals surface area contributed by atoms with Crippen LogP contribution >= 0.6 is 0 Å². The summed E-state index contributed by atoms with van der Waals surface area (Å²) in [7, 11) is -3.46. The van der Waals surface area contributed by atoms with Crippen LogP contribution in [0, 0.1) is 0 Å². The van der Waals surface area contributed by atoms with Crippen LogP contribution in [0.2, 0.25) is 0 Å². The maximum Gasteiger partial charge on any atom is 0.246 e. The van der Waals surface area contributed by atoms with Crippen LogP contribution in [0.5, 0.6) is 0 Å². The van der Waals surface area contributed by atoms with Gasteiger partial charge in [0.05, 0.1) is 19.3 Å². The van der Waals surface area contributed by atoms with Gasteiger partial charge in [-0.25, -0.2) is 8.42 Å². The molecule has 3 heterocycles. The number of aliphatic hydroxyl groups is 1. The van der Waals surface area contributed by atoms with E-state index in [1.54, 1.807) is 4.31 Å². The number of fused-ring (bicyclic) bond motifs is 1. The standard InChI is InChI=1S/C12H20N4O3S/c17-7-6-15-10-12(8-13-15)20(18,19)16-5-4-14-3-1-2-11(14)9-16/h8,10-11,17H,1-7,9H2. The van der Waals surface area contributed by atoms with E-state index in [0.717, 1.165) is 25.9 Å². The molecule has 2 fully saturated rings. The van der Waals surface area contributed by atoms with Crippen molar-refractivity contribution in [3.63, 3.8) is 0 Å². The third kappa shape index (κ3) is 2.48. The van der Waals surface area contributed by atoms with Crippen molar-refractivity contribution in [2.75, 3.05) is 32.8 Å². The Bertz CT molecular complexity index is 571. The zero-order valence-electron chi connectivity index (χ0n) is 11.3. The van der Waals surface area contributed by atoms with Crippen LogP contribution in [-0.2, 0) is 16.6 Å². The lowest BCUT2D eigenvalue weighted by Crippen LogP contribution is -2.51. The molecule has 0 radical (unpaired) electrons. The van der Waals surface area contributed by atoms with Crippen LogP contribution in [0.4, 0.5) is 0 Å². The molecule has 2 aliphatic rings. The van der Waals surface area contributed by atoms with Crippen LogP contribution in [0.15, 0.2) is 17.3 Å². The van der Waals surface area contributed by atoms with E-state index in [1.165, 1.54) is 17.1 Å². The Kier molecular flexibility index (Phi) is 3.80. The molecule has 1 aromatic heterocycles. The minimum atomic E-state index is -3.46. The molecule has 2 aliphatic heterocycles. The zero-order chi connectivity index (χ0) is 14.2. The molecule has 0 amide bonds. The van der Waals surface area contributed by atoms with Gasteiger partial charge in [-0.2, -0.15) is 9.40 Å². The summed E-state index contributed by atoms with van der Waals surface area (Å²) < 4.78 is 28.2. The molecular weight excluding hydrogens is 280 g/mol. The molecule has 0 aromatic carbocycles. The average molecular weight is 300 g/mol. The molecule has 112 valence electrons. The fraction of sp³-hybridized carbons (Fsp3) is 0.750. The highest BCUT2D eigenvalue weighted by Gasteiger charge is 2.36. The lowest BCUT2D eigenvalue weighted by molar-refractivity contribution is 0.158. The number of rotatable bonds is 4. The van der Waals surface area contributed by atoms with Crippen molar-refractivity contribution < 1.29 is 13.5 Å². The second-order valence-corrected chi connectivity index (χ2v) is 7.30. The number of piperazine rings is 1. The SMILES string of the molecule is O=S(=O)(c1cnn(CCO)c1)N1CCN2CCCC2C1. The Balaban J connectivity index is 1.77. The summed E-state index contributed by atoms with van der Waals surface area (Å²) in [5.74, 6) is 0. The first kappa shape index (κ1) is 14.0. The normalized spacial score (nSPS) is 24.9. The Hall–Kier alpha value is -0.960. The lowest BCUT2D eigenvalue weighted by Gasteiger charge is -2.36. The molecule has 1 N–H and O–H groups in total. The first-order chi connectivity index (χ1) is 9.61. The first-order valence-corrected chi connectivity index (χ1v) is 8.43. The largest absolute Gasteiger partial charge is 0.394 e.